The topological polar surface area (TPSA) is 70.8 Å². The van der Waals surface area contributed by atoms with E-state index in [9.17, 15) is 9.18 Å². The minimum atomic E-state index is -2.75. The molecule has 0 radical (unpaired) electrons. The highest BCUT2D eigenvalue weighted by atomic mass is 19.2. The van der Waals surface area contributed by atoms with E-state index in [1.165, 1.54) is 7.11 Å². The van der Waals surface area contributed by atoms with E-state index in [2.05, 4.69) is 15.5 Å². The molecule has 0 amide bonds. The highest BCUT2D eigenvalue weighted by molar-refractivity contribution is 5.78. The van der Waals surface area contributed by atoms with Crippen LogP contribution < -0.4 is 5.90 Å². The van der Waals surface area contributed by atoms with Crippen LogP contribution in [0, 0.1) is 0 Å². The van der Waals surface area contributed by atoms with Gasteiger partial charge in [-0.1, -0.05) is 0 Å². The summed E-state index contributed by atoms with van der Waals surface area (Å²) in [5.74, 6) is 0.709. The monoisotopic (exact) mass is 209 g/mol. The zero-order valence-corrected chi connectivity index (χ0v) is 8.80. The molecule has 6 heteroatoms. The molecule has 1 atom stereocenters. The molecule has 0 aromatic heterocycles. The lowest BCUT2D eigenvalue weighted by atomic mass is 10.2. The van der Waals surface area contributed by atoms with Gasteiger partial charge in [0.1, 0.15) is 12.2 Å². The number of halogens is 1. The molecule has 0 aromatic carbocycles. The molecule has 0 aliphatic heterocycles. The third kappa shape index (κ3) is 3.99. The molecular formula is C8H16FNO4. The minimum Gasteiger partial charge on any atom is -0.456 e. The van der Waals surface area contributed by atoms with Crippen molar-refractivity contribution in [2.45, 2.75) is 32.2 Å². The number of carbonyl (C=O) groups is 1. The van der Waals surface area contributed by atoms with E-state index in [0.717, 1.165) is 0 Å². The average molecular weight is 209 g/mol. The molecular weight excluding hydrogens is 193 g/mol. The van der Waals surface area contributed by atoms with E-state index >= 15 is 0 Å². The van der Waals surface area contributed by atoms with Gasteiger partial charge >= 0.3 is 11.8 Å². The lowest BCUT2D eigenvalue weighted by Crippen LogP contribution is -2.47. The zero-order valence-electron chi connectivity index (χ0n) is 8.80. The summed E-state index contributed by atoms with van der Waals surface area (Å²) in [4.78, 5) is 15.1. The standard InChI is InChI=1S/C8H16FNO4/c1-7(2,3)13-6(11)8(9,14-10)5-12-4/h5,10H2,1-4H3/t8-/m1/s1. The van der Waals surface area contributed by atoms with Gasteiger partial charge in [-0.2, -0.15) is 4.39 Å². The van der Waals surface area contributed by atoms with E-state index in [1.54, 1.807) is 20.8 Å². The summed E-state index contributed by atoms with van der Waals surface area (Å²) in [6.45, 7) is 4.20. The second kappa shape index (κ2) is 4.68. The molecule has 0 unspecified atom stereocenters. The Morgan fingerprint density at radius 3 is 2.21 bits per heavy atom. The molecule has 0 fully saturated rings. The van der Waals surface area contributed by atoms with Gasteiger partial charge in [0.2, 0.25) is 0 Å². The molecule has 84 valence electrons. The van der Waals surface area contributed by atoms with Crippen LogP contribution in [0.2, 0.25) is 0 Å². The maximum Gasteiger partial charge on any atom is 0.376 e. The summed E-state index contributed by atoms with van der Waals surface area (Å²) in [5.41, 5.74) is -0.805. The summed E-state index contributed by atoms with van der Waals surface area (Å²) in [6, 6.07) is 0. The van der Waals surface area contributed by atoms with Crippen LogP contribution in [-0.2, 0) is 19.1 Å². The van der Waals surface area contributed by atoms with Crippen molar-refractivity contribution in [3.63, 3.8) is 0 Å². The Kier molecular flexibility index (Phi) is 4.44. The number of hydrogen-bond donors (Lipinski definition) is 1. The van der Waals surface area contributed by atoms with E-state index in [0.29, 0.717) is 0 Å². The van der Waals surface area contributed by atoms with Crippen LogP contribution in [0.4, 0.5) is 4.39 Å². The highest BCUT2D eigenvalue weighted by Crippen LogP contribution is 2.18. The molecule has 2 N–H and O–H groups in total. The van der Waals surface area contributed by atoms with Crippen molar-refractivity contribution < 1.29 is 23.5 Å². The summed E-state index contributed by atoms with van der Waals surface area (Å²) in [6.07, 6.45) is 0. The first-order chi connectivity index (χ1) is 6.25. The third-order valence-corrected chi connectivity index (χ3v) is 1.22. The van der Waals surface area contributed by atoms with Crippen LogP contribution in [0.1, 0.15) is 20.8 Å². The van der Waals surface area contributed by atoms with Crippen molar-refractivity contribution in [2.24, 2.45) is 5.90 Å². The predicted molar refractivity (Wildman–Crippen MR) is 46.8 cm³/mol. The van der Waals surface area contributed by atoms with Gasteiger partial charge in [0.15, 0.2) is 0 Å². The number of methoxy groups -OCH3 is 1. The Labute approximate surface area is 82.3 Å². The van der Waals surface area contributed by atoms with Gasteiger partial charge in [0, 0.05) is 7.11 Å². The average Bonchev–Trinajstić information content (AvgIpc) is 2.01. The van der Waals surface area contributed by atoms with Gasteiger partial charge < -0.3 is 9.47 Å². The van der Waals surface area contributed by atoms with Crippen LogP contribution in [0.5, 0.6) is 0 Å². The van der Waals surface area contributed by atoms with Crippen LogP contribution in [0.15, 0.2) is 0 Å². The second-order valence-corrected chi connectivity index (χ2v) is 3.78. The molecule has 0 heterocycles. The fraction of sp³-hybridized carbons (Fsp3) is 0.875. The second-order valence-electron chi connectivity index (χ2n) is 3.78. The number of nitrogens with two attached hydrogens (primary N) is 1. The summed E-state index contributed by atoms with van der Waals surface area (Å²) in [5, 5.41) is 0. The van der Waals surface area contributed by atoms with Crippen molar-refractivity contribution in [2.75, 3.05) is 13.7 Å². The molecule has 5 nitrogen and oxygen atoms in total. The Morgan fingerprint density at radius 2 is 1.93 bits per heavy atom. The van der Waals surface area contributed by atoms with Crippen LogP contribution in [0.25, 0.3) is 0 Å². The van der Waals surface area contributed by atoms with Crippen molar-refractivity contribution >= 4 is 5.97 Å². The normalized spacial score (nSPS) is 16.1. The zero-order chi connectivity index (χ0) is 11.4. The first-order valence-electron chi connectivity index (χ1n) is 4.04. The molecule has 0 aliphatic carbocycles. The Bertz CT molecular complexity index is 204. The molecule has 0 saturated heterocycles. The number of alkyl halides is 1. The fourth-order valence-electron chi connectivity index (χ4n) is 0.681. The number of ether oxygens (including phenoxy) is 2. The van der Waals surface area contributed by atoms with Gasteiger partial charge in [0.25, 0.3) is 0 Å². The molecule has 0 aliphatic rings. The van der Waals surface area contributed by atoms with Crippen LogP contribution >= 0.6 is 0 Å². The smallest absolute Gasteiger partial charge is 0.376 e. The van der Waals surface area contributed by atoms with Gasteiger partial charge in [-0.15, -0.1) is 0 Å². The van der Waals surface area contributed by atoms with Crippen molar-refractivity contribution in [3.05, 3.63) is 0 Å². The maximum absolute atomic E-state index is 13.5. The Hall–Kier alpha value is -0.720. The lowest BCUT2D eigenvalue weighted by molar-refractivity contribution is -0.223. The number of carbonyl (C=O) groups excluding carboxylic acids is 1. The SMILES string of the molecule is COC[C@@](F)(ON)C(=O)OC(C)(C)C. The first-order valence-corrected chi connectivity index (χ1v) is 4.04. The lowest BCUT2D eigenvalue weighted by Gasteiger charge is -2.26. The van der Waals surface area contributed by atoms with E-state index < -0.39 is 24.0 Å². The van der Waals surface area contributed by atoms with Crippen LogP contribution in [-0.4, -0.2) is 31.1 Å². The highest BCUT2D eigenvalue weighted by Gasteiger charge is 2.43. The van der Waals surface area contributed by atoms with Crippen molar-refractivity contribution in [1.29, 1.82) is 0 Å². The summed E-state index contributed by atoms with van der Waals surface area (Å²) < 4.78 is 22.7. The molecule has 0 saturated carbocycles. The van der Waals surface area contributed by atoms with Gasteiger partial charge in [-0.3, -0.25) is 4.84 Å². The maximum atomic E-state index is 13.5. The largest absolute Gasteiger partial charge is 0.456 e. The first kappa shape index (κ1) is 13.3. The molecule has 0 rings (SSSR count). The Balaban J connectivity index is 4.46. The quantitative estimate of drug-likeness (QED) is 0.540. The third-order valence-electron chi connectivity index (χ3n) is 1.22. The van der Waals surface area contributed by atoms with Gasteiger partial charge in [-0.05, 0) is 20.8 Å². The van der Waals surface area contributed by atoms with Gasteiger partial charge in [-0.25, -0.2) is 10.7 Å². The molecule has 0 bridgehead atoms. The van der Waals surface area contributed by atoms with Crippen molar-refractivity contribution in [3.8, 4) is 0 Å². The van der Waals surface area contributed by atoms with Crippen molar-refractivity contribution in [1.82, 2.24) is 0 Å². The van der Waals surface area contributed by atoms with E-state index in [4.69, 9.17) is 4.74 Å². The minimum absolute atomic E-state index is 0.613. The number of rotatable bonds is 4. The number of hydrogen-bond acceptors (Lipinski definition) is 5. The molecule has 0 aromatic rings. The summed E-state index contributed by atoms with van der Waals surface area (Å²) in [7, 11) is 1.22. The van der Waals surface area contributed by atoms with Gasteiger partial charge in [0.05, 0.1) is 0 Å². The summed E-state index contributed by atoms with van der Waals surface area (Å²) >= 11 is 0. The van der Waals surface area contributed by atoms with E-state index in [1.807, 2.05) is 0 Å². The predicted octanol–water partition coefficient (Wildman–Crippen LogP) is 0.531. The van der Waals surface area contributed by atoms with Crippen LogP contribution in [0.3, 0.4) is 0 Å². The fourth-order valence-corrected chi connectivity index (χ4v) is 0.681. The molecule has 14 heavy (non-hydrogen) atoms. The van der Waals surface area contributed by atoms with E-state index in [-0.39, 0.29) is 0 Å². The Morgan fingerprint density at radius 1 is 1.43 bits per heavy atom. The molecule has 0 spiro atoms. The number of esters is 1.